The average molecular weight is 404 g/mol. The summed E-state index contributed by atoms with van der Waals surface area (Å²) in [5, 5.41) is 24.5. The molecule has 10 nitrogen and oxygen atoms in total. The number of aliphatic hydroxyl groups is 2. The predicted octanol–water partition coefficient (Wildman–Crippen LogP) is -0.140. The van der Waals surface area contributed by atoms with Crippen molar-refractivity contribution >= 4 is 22.9 Å². The molecule has 0 unspecified atom stereocenters. The van der Waals surface area contributed by atoms with Crippen molar-refractivity contribution in [1.82, 2.24) is 24.8 Å². The van der Waals surface area contributed by atoms with Crippen molar-refractivity contribution in [2.24, 2.45) is 5.92 Å². The first-order valence-electron chi connectivity index (χ1n) is 10.1. The lowest BCUT2D eigenvalue weighted by Gasteiger charge is -2.39. The molecule has 1 saturated heterocycles. The molecule has 0 radical (unpaired) electrons. The summed E-state index contributed by atoms with van der Waals surface area (Å²) in [6.07, 6.45) is 3.52. The van der Waals surface area contributed by atoms with E-state index < -0.39 is 18.2 Å². The van der Waals surface area contributed by atoms with Crippen LogP contribution < -0.4 is 10.2 Å². The monoisotopic (exact) mass is 404 g/mol. The molecule has 2 fully saturated rings. The molecule has 1 aliphatic carbocycles. The van der Waals surface area contributed by atoms with E-state index in [0.717, 1.165) is 0 Å². The smallest absolute Gasteiger partial charge is 0.223 e. The summed E-state index contributed by atoms with van der Waals surface area (Å²) >= 11 is 0. The lowest BCUT2D eigenvalue weighted by molar-refractivity contribution is -0.131. The van der Waals surface area contributed by atoms with Gasteiger partial charge in [0.15, 0.2) is 17.0 Å². The third kappa shape index (κ3) is 3.79. The van der Waals surface area contributed by atoms with Crippen LogP contribution in [0.2, 0.25) is 0 Å². The molecule has 1 aliphatic heterocycles. The number of carbonyl (C=O) groups excluding carboxylic acids is 1. The largest absolute Gasteiger partial charge is 0.388 e. The summed E-state index contributed by atoms with van der Waals surface area (Å²) in [6.45, 7) is 1.17. The number of amides is 1. The van der Waals surface area contributed by atoms with Crippen molar-refractivity contribution in [2.45, 2.75) is 50.0 Å². The van der Waals surface area contributed by atoms with Crippen molar-refractivity contribution in [3.63, 3.8) is 0 Å². The molecule has 10 heteroatoms. The van der Waals surface area contributed by atoms with Gasteiger partial charge in [-0.1, -0.05) is 0 Å². The fourth-order valence-corrected chi connectivity index (χ4v) is 4.29. The Morgan fingerprint density at radius 1 is 1.14 bits per heavy atom. The van der Waals surface area contributed by atoms with Crippen LogP contribution in [-0.2, 0) is 9.53 Å². The van der Waals surface area contributed by atoms with Crippen LogP contribution in [0.25, 0.3) is 11.2 Å². The molecule has 4 atom stereocenters. The van der Waals surface area contributed by atoms with E-state index >= 15 is 0 Å². The highest BCUT2D eigenvalue weighted by Gasteiger charge is 2.40. The molecule has 0 aromatic carbocycles. The highest BCUT2D eigenvalue weighted by atomic mass is 16.5. The topological polar surface area (TPSA) is 126 Å². The van der Waals surface area contributed by atoms with Crippen LogP contribution in [0.3, 0.4) is 0 Å². The number of carbonyl (C=O) groups is 1. The first-order chi connectivity index (χ1) is 14.0. The number of anilines is 1. The highest BCUT2D eigenvalue weighted by molar-refractivity contribution is 5.83. The normalized spacial score (nSPS) is 28.4. The van der Waals surface area contributed by atoms with Crippen LogP contribution in [0.1, 0.15) is 31.7 Å². The Balaban J connectivity index is 1.49. The number of hydrogen-bond acceptors (Lipinski definition) is 8. The molecule has 4 rings (SSSR count). The van der Waals surface area contributed by atoms with E-state index in [9.17, 15) is 15.0 Å². The van der Waals surface area contributed by atoms with Gasteiger partial charge in [0.05, 0.1) is 18.4 Å². The van der Waals surface area contributed by atoms with Crippen molar-refractivity contribution in [1.29, 1.82) is 0 Å². The van der Waals surface area contributed by atoms with E-state index in [4.69, 9.17) is 4.74 Å². The second-order valence-electron chi connectivity index (χ2n) is 8.04. The number of aliphatic hydroxyl groups excluding tert-OH is 2. The number of nitrogens with zero attached hydrogens (tertiary/aromatic N) is 5. The van der Waals surface area contributed by atoms with E-state index in [2.05, 4.69) is 20.3 Å². The molecule has 2 aromatic rings. The molecule has 3 heterocycles. The van der Waals surface area contributed by atoms with Crippen LogP contribution in [0.15, 0.2) is 12.7 Å². The summed E-state index contributed by atoms with van der Waals surface area (Å²) in [5.74, 6) is 0.533. The SMILES string of the molecule is CN(C)c1ncnc2c1ncn2[C@@H]1CC[C@@H](NC(=O)C2CCOCC2)[C@@H](O)[C@@H]1O. The number of rotatable bonds is 4. The van der Waals surface area contributed by atoms with Gasteiger partial charge < -0.3 is 29.7 Å². The van der Waals surface area contributed by atoms with E-state index in [1.54, 1.807) is 10.9 Å². The fraction of sp³-hybridized carbons (Fsp3) is 0.684. The Morgan fingerprint density at radius 3 is 2.62 bits per heavy atom. The molecule has 1 amide bonds. The van der Waals surface area contributed by atoms with Crippen molar-refractivity contribution in [3.8, 4) is 0 Å². The third-order valence-corrected chi connectivity index (χ3v) is 5.97. The lowest BCUT2D eigenvalue weighted by atomic mass is 9.85. The van der Waals surface area contributed by atoms with Gasteiger partial charge in [-0.05, 0) is 25.7 Å². The molecule has 3 N–H and O–H groups in total. The Bertz CT molecular complexity index is 866. The van der Waals surface area contributed by atoms with Gasteiger partial charge in [0, 0.05) is 33.2 Å². The summed E-state index contributed by atoms with van der Waals surface area (Å²) in [6, 6.07) is -0.852. The minimum absolute atomic E-state index is 0.0700. The van der Waals surface area contributed by atoms with Gasteiger partial charge in [-0.25, -0.2) is 15.0 Å². The fourth-order valence-electron chi connectivity index (χ4n) is 4.29. The second-order valence-corrected chi connectivity index (χ2v) is 8.04. The molecule has 2 aliphatic rings. The summed E-state index contributed by atoms with van der Waals surface area (Å²) in [7, 11) is 3.76. The van der Waals surface area contributed by atoms with Gasteiger partial charge >= 0.3 is 0 Å². The van der Waals surface area contributed by atoms with Gasteiger partial charge in [-0.15, -0.1) is 0 Å². The van der Waals surface area contributed by atoms with Crippen LogP contribution in [-0.4, -0.2) is 81.2 Å². The van der Waals surface area contributed by atoms with Gasteiger partial charge in [0.1, 0.15) is 18.5 Å². The minimum Gasteiger partial charge on any atom is -0.388 e. The molecular weight excluding hydrogens is 376 g/mol. The molecule has 1 saturated carbocycles. The number of hydrogen-bond donors (Lipinski definition) is 3. The maximum absolute atomic E-state index is 12.5. The minimum atomic E-state index is -1.06. The number of nitrogens with one attached hydrogen (secondary N) is 1. The first kappa shape index (κ1) is 20.0. The molecule has 0 spiro atoms. The zero-order valence-corrected chi connectivity index (χ0v) is 16.7. The van der Waals surface area contributed by atoms with Gasteiger partial charge in [-0.3, -0.25) is 4.79 Å². The summed E-state index contributed by atoms with van der Waals surface area (Å²) < 4.78 is 7.10. The van der Waals surface area contributed by atoms with Crippen LogP contribution in [0, 0.1) is 5.92 Å². The predicted molar refractivity (Wildman–Crippen MR) is 105 cm³/mol. The number of imidazole rings is 1. The van der Waals surface area contributed by atoms with Crippen molar-refractivity contribution < 1.29 is 19.7 Å². The number of ether oxygens (including phenoxy) is 1. The van der Waals surface area contributed by atoms with E-state index in [-0.39, 0.29) is 17.9 Å². The Kier molecular flexibility index (Phi) is 5.66. The highest BCUT2D eigenvalue weighted by Crippen LogP contribution is 2.33. The van der Waals surface area contributed by atoms with Crippen LogP contribution in [0.4, 0.5) is 5.82 Å². The quantitative estimate of drug-likeness (QED) is 0.643. The van der Waals surface area contributed by atoms with Crippen molar-refractivity contribution in [2.75, 3.05) is 32.2 Å². The van der Waals surface area contributed by atoms with Gasteiger partial charge in [0.2, 0.25) is 5.91 Å². The second kappa shape index (κ2) is 8.21. The Labute approximate surface area is 168 Å². The first-order valence-corrected chi connectivity index (χ1v) is 10.1. The lowest BCUT2D eigenvalue weighted by Crippen LogP contribution is -2.55. The maximum atomic E-state index is 12.5. The summed E-state index contributed by atoms with van der Waals surface area (Å²) in [5.41, 5.74) is 1.26. The number of fused-ring (bicyclic) bond motifs is 1. The summed E-state index contributed by atoms with van der Waals surface area (Å²) in [4.78, 5) is 27.4. The molecule has 158 valence electrons. The molecule has 29 heavy (non-hydrogen) atoms. The zero-order chi connectivity index (χ0) is 20.5. The Hall–Kier alpha value is -2.30. The van der Waals surface area contributed by atoms with E-state index in [1.807, 2.05) is 19.0 Å². The average Bonchev–Trinajstić information content (AvgIpc) is 3.16. The van der Waals surface area contributed by atoms with E-state index in [0.29, 0.717) is 55.9 Å². The van der Waals surface area contributed by atoms with Crippen molar-refractivity contribution in [3.05, 3.63) is 12.7 Å². The molecule has 0 bridgehead atoms. The third-order valence-electron chi connectivity index (χ3n) is 5.97. The van der Waals surface area contributed by atoms with Gasteiger partial charge in [-0.2, -0.15) is 0 Å². The standard InChI is InChI=1S/C19H28N6O4/c1-24(2)17-14-18(21-9-20-17)25(10-22-14)13-4-3-12(15(26)16(13)27)23-19(28)11-5-7-29-8-6-11/h9-13,15-16,26-27H,3-8H2,1-2H3,(H,23,28)/t12-,13-,15-,16-/m1/s1. The van der Waals surface area contributed by atoms with Crippen LogP contribution in [0.5, 0.6) is 0 Å². The molecular formula is C19H28N6O4. The maximum Gasteiger partial charge on any atom is 0.223 e. The van der Waals surface area contributed by atoms with Crippen LogP contribution >= 0.6 is 0 Å². The zero-order valence-electron chi connectivity index (χ0n) is 16.7. The number of aromatic nitrogens is 4. The molecule has 2 aromatic heterocycles. The van der Waals surface area contributed by atoms with Gasteiger partial charge in [0.25, 0.3) is 0 Å². The Morgan fingerprint density at radius 2 is 1.90 bits per heavy atom. The van der Waals surface area contributed by atoms with E-state index in [1.165, 1.54) is 6.33 Å².